The highest BCUT2D eigenvalue weighted by Gasteiger charge is 2.16. The number of fused-ring (bicyclic) bond motifs is 1. The SMILES string of the molecule is CNCCC1CCc2cc(Br)ccc2N1. The number of rotatable bonds is 3. The fraction of sp³-hybridized carbons (Fsp3) is 0.500. The third kappa shape index (κ3) is 2.73. The first-order chi connectivity index (χ1) is 7.29. The Bertz CT molecular complexity index is 338. The second-order valence-corrected chi connectivity index (χ2v) is 4.99. The van der Waals surface area contributed by atoms with Gasteiger partial charge >= 0.3 is 0 Å². The van der Waals surface area contributed by atoms with Gasteiger partial charge in [0.2, 0.25) is 0 Å². The largest absolute Gasteiger partial charge is 0.382 e. The van der Waals surface area contributed by atoms with Crippen molar-refractivity contribution in [1.29, 1.82) is 0 Å². The molecular formula is C12H17BrN2. The summed E-state index contributed by atoms with van der Waals surface area (Å²) in [7, 11) is 2.01. The summed E-state index contributed by atoms with van der Waals surface area (Å²) >= 11 is 3.51. The van der Waals surface area contributed by atoms with Gasteiger partial charge in [-0.2, -0.15) is 0 Å². The molecule has 0 aromatic heterocycles. The smallest absolute Gasteiger partial charge is 0.0375 e. The van der Waals surface area contributed by atoms with Crippen molar-refractivity contribution < 1.29 is 0 Å². The van der Waals surface area contributed by atoms with Gasteiger partial charge in [-0.3, -0.25) is 0 Å². The molecule has 2 N–H and O–H groups in total. The second kappa shape index (κ2) is 4.99. The van der Waals surface area contributed by atoms with Gasteiger partial charge < -0.3 is 10.6 Å². The Balaban J connectivity index is 2.03. The maximum Gasteiger partial charge on any atom is 0.0375 e. The lowest BCUT2D eigenvalue weighted by Gasteiger charge is -2.27. The highest BCUT2D eigenvalue weighted by atomic mass is 79.9. The zero-order chi connectivity index (χ0) is 10.7. The number of nitrogens with one attached hydrogen (secondary N) is 2. The molecule has 2 rings (SSSR count). The molecule has 0 fully saturated rings. The first kappa shape index (κ1) is 11.0. The number of halogens is 1. The molecular weight excluding hydrogens is 252 g/mol. The van der Waals surface area contributed by atoms with Crippen LogP contribution in [-0.2, 0) is 6.42 Å². The van der Waals surface area contributed by atoms with E-state index < -0.39 is 0 Å². The van der Waals surface area contributed by atoms with Crippen molar-refractivity contribution in [2.45, 2.75) is 25.3 Å². The maximum absolute atomic E-state index is 3.60. The summed E-state index contributed by atoms with van der Waals surface area (Å²) in [6, 6.07) is 7.12. The predicted molar refractivity (Wildman–Crippen MR) is 68.4 cm³/mol. The van der Waals surface area contributed by atoms with E-state index in [1.165, 1.54) is 35.0 Å². The lowest BCUT2D eigenvalue weighted by molar-refractivity contribution is 0.568. The lowest BCUT2D eigenvalue weighted by Crippen LogP contribution is -2.28. The molecule has 0 radical (unpaired) electrons. The molecule has 15 heavy (non-hydrogen) atoms. The normalized spacial score (nSPS) is 19.5. The van der Waals surface area contributed by atoms with Gasteiger partial charge in [0, 0.05) is 16.2 Å². The topological polar surface area (TPSA) is 24.1 Å². The number of benzene rings is 1. The minimum absolute atomic E-state index is 0.631. The first-order valence-electron chi connectivity index (χ1n) is 5.49. The molecule has 1 aromatic carbocycles. The quantitative estimate of drug-likeness (QED) is 0.881. The molecule has 0 amide bonds. The monoisotopic (exact) mass is 268 g/mol. The van der Waals surface area contributed by atoms with Crippen LogP contribution in [-0.4, -0.2) is 19.6 Å². The molecule has 1 heterocycles. The second-order valence-electron chi connectivity index (χ2n) is 4.07. The van der Waals surface area contributed by atoms with Gasteiger partial charge in [0.1, 0.15) is 0 Å². The van der Waals surface area contributed by atoms with Crippen LogP contribution in [0.1, 0.15) is 18.4 Å². The van der Waals surface area contributed by atoms with Crippen LogP contribution in [0.15, 0.2) is 22.7 Å². The highest BCUT2D eigenvalue weighted by molar-refractivity contribution is 9.10. The van der Waals surface area contributed by atoms with Crippen LogP contribution in [0.25, 0.3) is 0 Å². The molecule has 1 aliphatic rings. The highest BCUT2D eigenvalue weighted by Crippen LogP contribution is 2.28. The van der Waals surface area contributed by atoms with E-state index >= 15 is 0 Å². The predicted octanol–water partition coefficient (Wildman–Crippen LogP) is 2.79. The van der Waals surface area contributed by atoms with Crippen LogP contribution in [0.3, 0.4) is 0 Å². The Labute approximate surface area is 99.6 Å². The Morgan fingerprint density at radius 2 is 2.40 bits per heavy atom. The van der Waals surface area contributed by atoms with E-state index in [9.17, 15) is 0 Å². The molecule has 1 aliphatic heterocycles. The van der Waals surface area contributed by atoms with Crippen molar-refractivity contribution in [1.82, 2.24) is 5.32 Å². The van der Waals surface area contributed by atoms with Crippen LogP contribution in [0.4, 0.5) is 5.69 Å². The minimum atomic E-state index is 0.631. The molecule has 1 aromatic rings. The van der Waals surface area contributed by atoms with E-state index in [0.29, 0.717) is 6.04 Å². The van der Waals surface area contributed by atoms with Crippen LogP contribution in [0.5, 0.6) is 0 Å². The van der Waals surface area contributed by atoms with Gasteiger partial charge in [0.05, 0.1) is 0 Å². The Morgan fingerprint density at radius 1 is 1.53 bits per heavy atom. The number of anilines is 1. The van der Waals surface area contributed by atoms with Crippen LogP contribution in [0, 0.1) is 0 Å². The van der Waals surface area contributed by atoms with E-state index in [1.807, 2.05) is 7.05 Å². The van der Waals surface area contributed by atoms with Crippen molar-refractivity contribution in [2.75, 3.05) is 18.9 Å². The molecule has 0 spiro atoms. The van der Waals surface area contributed by atoms with Crippen LogP contribution >= 0.6 is 15.9 Å². The van der Waals surface area contributed by atoms with Crippen molar-refractivity contribution in [2.24, 2.45) is 0 Å². The Kier molecular flexibility index (Phi) is 3.65. The lowest BCUT2D eigenvalue weighted by atomic mass is 9.96. The van der Waals surface area contributed by atoms with Crippen LogP contribution < -0.4 is 10.6 Å². The minimum Gasteiger partial charge on any atom is -0.382 e. The third-order valence-corrected chi connectivity index (χ3v) is 3.43. The zero-order valence-corrected chi connectivity index (χ0v) is 10.6. The summed E-state index contributed by atoms with van der Waals surface area (Å²) in [5.74, 6) is 0. The third-order valence-electron chi connectivity index (χ3n) is 2.93. The van der Waals surface area contributed by atoms with E-state index in [1.54, 1.807) is 0 Å². The number of hydrogen-bond acceptors (Lipinski definition) is 2. The standard InChI is InChI=1S/C12H17BrN2/c1-14-7-6-11-4-2-9-8-10(13)3-5-12(9)15-11/h3,5,8,11,14-15H,2,4,6-7H2,1H3. The molecule has 0 saturated heterocycles. The van der Waals surface area contributed by atoms with Gasteiger partial charge in [0.15, 0.2) is 0 Å². The van der Waals surface area contributed by atoms with Crippen LogP contribution in [0.2, 0.25) is 0 Å². The van der Waals surface area contributed by atoms with E-state index in [4.69, 9.17) is 0 Å². The molecule has 82 valence electrons. The maximum atomic E-state index is 3.60. The van der Waals surface area contributed by atoms with E-state index in [0.717, 1.165) is 6.54 Å². The molecule has 1 atom stereocenters. The summed E-state index contributed by atoms with van der Waals surface area (Å²) in [6.45, 7) is 1.09. The van der Waals surface area contributed by atoms with Crippen molar-refractivity contribution >= 4 is 21.6 Å². The molecule has 1 unspecified atom stereocenters. The molecule has 3 heteroatoms. The average Bonchev–Trinajstić information content (AvgIpc) is 2.26. The van der Waals surface area contributed by atoms with Gasteiger partial charge in [-0.05, 0) is 56.6 Å². The number of aryl methyl sites for hydroxylation is 1. The molecule has 0 aliphatic carbocycles. The van der Waals surface area contributed by atoms with E-state index in [-0.39, 0.29) is 0 Å². The summed E-state index contributed by atoms with van der Waals surface area (Å²) < 4.78 is 1.18. The zero-order valence-electron chi connectivity index (χ0n) is 9.02. The first-order valence-corrected chi connectivity index (χ1v) is 6.28. The summed E-state index contributed by atoms with van der Waals surface area (Å²) in [5, 5.41) is 6.80. The van der Waals surface area contributed by atoms with Crippen molar-refractivity contribution in [3.63, 3.8) is 0 Å². The molecule has 0 saturated carbocycles. The fourth-order valence-electron chi connectivity index (χ4n) is 2.07. The van der Waals surface area contributed by atoms with Crippen molar-refractivity contribution in [3.8, 4) is 0 Å². The fourth-order valence-corrected chi connectivity index (χ4v) is 2.48. The molecule has 0 bridgehead atoms. The van der Waals surface area contributed by atoms with Gasteiger partial charge in [-0.15, -0.1) is 0 Å². The Hall–Kier alpha value is -0.540. The average molecular weight is 269 g/mol. The summed E-state index contributed by atoms with van der Waals surface area (Å²) in [5.41, 5.74) is 2.75. The van der Waals surface area contributed by atoms with E-state index in [2.05, 4.69) is 44.8 Å². The number of hydrogen-bond donors (Lipinski definition) is 2. The van der Waals surface area contributed by atoms with Gasteiger partial charge in [-0.25, -0.2) is 0 Å². The Morgan fingerprint density at radius 3 is 3.20 bits per heavy atom. The van der Waals surface area contributed by atoms with Gasteiger partial charge in [0.25, 0.3) is 0 Å². The summed E-state index contributed by atoms with van der Waals surface area (Å²) in [4.78, 5) is 0. The summed E-state index contributed by atoms with van der Waals surface area (Å²) in [6.07, 6.45) is 3.63. The molecule has 2 nitrogen and oxygen atoms in total. The van der Waals surface area contributed by atoms with Gasteiger partial charge in [-0.1, -0.05) is 15.9 Å². The van der Waals surface area contributed by atoms with Crippen molar-refractivity contribution in [3.05, 3.63) is 28.2 Å².